The molecule has 2 N–H and O–H groups in total. The Morgan fingerprint density at radius 2 is 2.17 bits per heavy atom. The summed E-state index contributed by atoms with van der Waals surface area (Å²) in [6.07, 6.45) is 3.27. The minimum atomic E-state index is -0.453. The van der Waals surface area contributed by atoms with Crippen molar-refractivity contribution in [3.63, 3.8) is 0 Å². The average Bonchev–Trinajstić information content (AvgIpc) is 2.70. The zero-order valence-corrected chi connectivity index (χ0v) is 7.27. The second-order valence-corrected chi connectivity index (χ2v) is 2.99. The summed E-state index contributed by atoms with van der Waals surface area (Å²) < 4.78 is 13.0. The third-order valence-electron chi connectivity index (χ3n) is 2.02. The fourth-order valence-electron chi connectivity index (χ4n) is 1.12. The van der Waals surface area contributed by atoms with Gasteiger partial charge in [-0.1, -0.05) is 0 Å². The Morgan fingerprint density at radius 3 is 2.67 bits per heavy atom. The molecule has 0 aromatic carbocycles. The van der Waals surface area contributed by atoms with Gasteiger partial charge >= 0.3 is 0 Å². The van der Waals surface area contributed by atoms with Crippen LogP contribution < -0.4 is 5.73 Å². The number of hydrogen-bond acceptors (Lipinski definition) is 2. The largest absolute Gasteiger partial charge is 0.320 e. The van der Waals surface area contributed by atoms with Gasteiger partial charge in [0.25, 0.3) is 0 Å². The van der Waals surface area contributed by atoms with Crippen LogP contribution in [0, 0.1) is 5.82 Å². The predicted octanol–water partition coefficient (Wildman–Crippen LogP) is 1.59. The van der Waals surface area contributed by atoms with Crippen LogP contribution in [0.3, 0.4) is 0 Å². The highest BCUT2D eigenvalue weighted by atomic mass is 35.5. The van der Waals surface area contributed by atoms with Crippen molar-refractivity contribution in [1.82, 2.24) is 4.98 Å². The van der Waals surface area contributed by atoms with E-state index >= 15 is 0 Å². The summed E-state index contributed by atoms with van der Waals surface area (Å²) >= 11 is 0. The first-order valence-corrected chi connectivity index (χ1v) is 3.62. The lowest BCUT2D eigenvalue weighted by Crippen LogP contribution is -2.21. The fourth-order valence-corrected chi connectivity index (χ4v) is 1.12. The smallest absolute Gasteiger partial charge is 0.146 e. The molecule has 1 saturated carbocycles. The van der Waals surface area contributed by atoms with E-state index in [1.165, 1.54) is 6.07 Å². The van der Waals surface area contributed by atoms with Crippen molar-refractivity contribution in [1.29, 1.82) is 0 Å². The van der Waals surface area contributed by atoms with Gasteiger partial charge in [0.2, 0.25) is 0 Å². The lowest BCUT2D eigenvalue weighted by atomic mass is 10.2. The van der Waals surface area contributed by atoms with Gasteiger partial charge in [-0.2, -0.15) is 0 Å². The van der Waals surface area contributed by atoms with E-state index < -0.39 is 5.54 Å². The van der Waals surface area contributed by atoms with Gasteiger partial charge in [0.1, 0.15) is 5.82 Å². The molecule has 2 rings (SSSR count). The van der Waals surface area contributed by atoms with Crippen molar-refractivity contribution in [2.75, 3.05) is 0 Å². The van der Waals surface area contributed by atoms with Gasteiger partial charge in [-0.05, 0) is 25.0 Å². The molecule has 4 heteroatoms. The third-order valence-corrected chi connectivity index (χ3v) is 2.02. The van der Waals surface area contributed by atoms with E-state index in [2.05, 4.69) is 4.98 Å². The highest BCUT2D eigenvalue weighted by molar-refractivity contribution is 5.85. The van der Waals surface area contributed by atoms with E-state index in [-0.39, 0.29) is 18.2 Å². The van der Waals surface area contributed by atoms with Gasteiger partial charge in [-0.3, -0.25) is 4.98 Å². The van der Waals surface area contributed by atoms with Gasteiger partial charge in [0, 0.05) is 6.20 Å². The van der Waals surface area contributed by atoms with Crippen LogP contribution in [-0.2, 0) is 5.54 Å². The molecule has 1 aliphatic carbocycles. The highest BCUT2D eigenvalue weighted by Gasteiger charge is 2.43. The van der Waals surface area contributed by atoms with Crippen molar-refractivity contribution in [3.8, 4) is 0 Å². The van der Waals surface area contributed by atoms with Crippen molar-refractivity contribution in [2.24, 2.45) is 5.73 Å². The van der Waals surface area contributed by atoms with Crippen molar-refractivity contribution in [3.05, 3.63) is 29.8 Å². The molecule has 1 aromatic heterocycles. The number of pyridine rings is 1. The first kappa shape index (κ1) is 9.42. The SMILES string of the molecule is Cl.NC1(c2ncccc2F)CC1. The lowest BCUT2D eigenvalue weighted by molar-refractivity contribution is 0.561. The van der Waals surface area contributed by atoms with Crippen LogP contribution in [-0.4, -0.2) is 4.98 Å². The molecule has 66 valence electrons. The summed E-state index contributed by atoms with van der Waals surface area (Å²) in [6, 6.07) is 2.97. The summed E-state index contributed by atoms with van der Waals surface area (Å²) in [5.41, 5.74) is 5.73. The number of hydrogen-bond donors (Lipinski definition) is 1. The lowest BCUT2D eigenvalue weighted by Gasteiger charge is -2.07. The maximum Gasteiger partial charge on any atom is 0.146 e. The first-order chi connectivity index (χ1) is 5.22. The van der Waals surface area contributed by atoms with E-state index in [0.29, 0.717) is 5.69 Å². The maximum atomic E-state index is 13.0. The summed E-state index contributed by atoms with van der Waals surface area (Å²) in [6.45, 7) is 0. The molecule has 1 heterocycles. The van der Waals surface area contributed by atoms with Gasteiger partial charge in [0.05, 0.1) is 11.2 Å². The molecule has 0 saturated heterocycles. The Hall–Kier alpha value is -0.670. The molecule has 1 aliphatic rings. The van der Waals surface area contributed by atoms with Crippen LogP contribution in [0.2, 0.25) is 0 Å². The molecular weight excluding hydrogens is 179 g/mol. The zero-order chi connectivity index (χ0) is 7.90. The molecule has 0 bridgehead atoms. The number of nitrogens with zero attached hydrogens (tertiary/aromatic N) is 1. The monoisotopic (exact) mass is 188 g/mol. The first-order valence-electron chi connectivity index (χ1n) is 3.62. The minimum Gasteiger partial charge on any atom is -0.320 e. The van der Waals surface area contributed by atoms with Crippen LogP contribution in [0.25, 0.3) is 0 Å². The third kappa shape index (κ3) is 1.42. The summed E-state index contributed by atoms with van der Waals surface area (Å²) in [5, 5.41) is 0. The second-order valence-electron chi connectivity index (χ2n) is 2.99. The van der Waals surface area contributed by atoms with Gasteiger partial charge < -0.3 is 5.73 Å². The van der Waals surface area contributed by atoms with Crippen LogP contribution in [0.15, 0.2) is 18.3 Å². The average molecular weight is 189 g/mol. The fraction of sp³-hybridized carbons (Fsp3) is 0.375. The Morgan fingerprint density at radius 1 is 1.50 bits per heavy atom. The van der Waals surface area contributed by atoms with E-state index in [1.54, 1.807) is 12.3 Å². The quantitative estimate of drug-likeness (QED) is 0.727. The normalized spacial score (nSPS) is 18.2. The molecule has 0 atom stereocenters. The maximum absolute atomic E-state index is 13.0. The molecule has 0 aliphatic heterocycles. The van der Waals surface area contributed by atoms with Crippen LogP contribution in [0.5, 0.6) is 0 Å². The topological polar surface area (TPSA) is 38.9 Å². The minimum absolute atomic E-state index is 0. The van der Waals surface area contributed by atoms with E-state index in [4.69, 9.17) is 5.73 Å². The molecule has 2 nitrogen and oxygen atoms in total. The van der Waals surface area contributed by atoms with Crippen LogP contribution in [0.4, 0.5) is 4.39 Å². The number of rotatable bonds is 1. The van der Waals surface area contributed by atoms with Crippen molar-refractivity contribution in [2.45, 2.75) is 18.4 Å². The molecular formula is C8H10ClFN2. The molecule has 0 radical (unpaired) electrons. The summed E-state index contributed by atoms with van der Waals surface area (Å²) in [7, 11) is 0. The number of nitrogens with two attached hydrogens (primary N) is 1. The van der Waals surface area contributed by atoms with Gasteiger partial charge in [-0.15, -0.1) is 12.4 Å². The van der Waals surface area contributed by atoms with E-state index in [9.17, 15) is 4.39 Å². The highest BCUT2D eigenvalue weighted by Crippen LogP contribution is 2.42. The molecule has 1 fully saturated rings. The Bertz CT molecular complexity index is 286. The standard InChI is InChI=1S/C8H9FN2.ClH/c9-6-2-1-5-11-7(6)8(10)3-4-8;/h1-2,5H,3-4,10H2;1H. The Kier molecular flexibility index (Phi) is 2.35. The molecule has 1 aromatic rings. The number of halogens is 2. The summed E-state index contributed by atoms with van der Waals surface area (Å²) in [4.78, 5) is 3.91. The second kappa shape index (κ2) is 2.99. The number of aromatic nitrogens is 1. The van der Waals surface area contributed by atoms with E-state index in [0.717, 1.165) is 12.8 Å². The predicted molar refractivity (Wildman–Crippen MR) is 46.5 cm³/mol. The molecule has 0 unspecified atom stereocenters. The Labute approximate surface area is 76.4 Å². The zero-order valence-electron chi connectivity index (χ0n) is 6.46. The summed E-state index contributed by atoms with van der Waals surface area (Å²) in [5.74, 6) is -0.285. The molecule has 12 heavy (non-hydrogen) atoms. The van der Waals surface area contributed by atoms with E-state index in [1.807, 2.05) is 0 Å². The molecule has 0 amide bonds. The van der Waals surface area contributed by atoms with Crippen LogP contribution in [0.1, 0.15) is 18.5 Å². The van der Waals surface area contributed by atoms with Crippen molar-refractivity contribution < 1.29 is 4.39 Å². The Balaban J connectivity index is 0.000000720. The van der Waals surface area contributed by atoms with Crippen LogP contribution >= 0.6 is 12.4 Å². The van der Waals surface area contributed by atoms with Crippen molar-refractivity contribution >= 4 is 12.4 Å². The van der Waals surface area contributed by atoms with Gasteiger partial charge in [-0.25, -0.2) is 4.39 Å². The molecule has 0 spiro atoms. The van der Waals surface area contributed by atoms with Gasteiger partial charge in [0.15, 0.2) is 0 Å².